The Bertz CT molecular complexity index is 267. The van der Waals surface area contributed by atoms with Crippen LogP contribution in [0.3, 0.4) is 0 Å². The summed E-state index contributed by atoms with van der Waals surface area (Å²) < 4.78 is 0. The summed E-state index contributed by atoms with van der Waals surface area (Å²) >= 11 is 0. The van der Waals surface area contributed by atoms with Crippen LogP contribution in [0.15, 0.2) is 0 Å². The quantitative estimate of drug-likeness (QED) is 0.620. The average Bonchev–Trinajstić information content (AvgIpc) is 2.35. The summed E-state index contributed by atoms with van der Waals surface area (Å²) in [6.07, 6.45) is 4.71. The fourth-order valence-corrected chi connectivity index (χ4v) is 1.76. The van der Waals surface area contributed by atoms with Crippen LogP contribution < -0.4 is 11.1 Å². The largest absolute Gasteiger partial charge is 0.345 e. The monoisotopic (exact) mass is 256 g/mol. The third-order valence-corrected chi connectivity index (χ3v) is 3.46. The molecule has 0 aromatic rings. The van der Waals surface area contributed by atoms with Crippen molar-refractivity contribution in [3.8, 4) is 0 Å². The molecule has 4 nitrogen and oxygen atoms in total. The Morgan fingerprint density at radius 3 is 2.28 bits per heavy atom. The van der Waals surface area contributed by atoms with Crippen LogP contribution in [0.1, 0.15) is 59.8 Å². The molecule has 3 unspecified atom stereocenters. The molecule has 106 valence electrons. The average molecular weight is 256 g/mol. The Balaban J connectivity index is 4.31. The van der Waals surface area contributed by atoms with E-state index in [1.807, 2.05) is 13.8 Å². The Kier molecular flexibility index (Phi) is 8.63. The Morgan fingerprint density at radius 1 is 1.22 bits per heavy atom. The second-order valence-corrected chi connectivity index (χ2v) is 5.08. The second-order valence-electron chi connectivity index (χ2n) is 5.08. The lowest BCUT2D eigenvalue weighted by Crippen LogP contribution is -2.50. The molecule has 0 fully saturated rings. The van der Waals surface area contributed by atoms with Gasteiger partial charge in [0.25, 0.3) is 0 Å². The van der Waals surface area contributed by atoms with Crippen molar-refractivity contribution in [3.05, 3.63) is 0 Å². The highest BCUT2D eigenvalue weighted by Gasteiger charge is 2.23. The van der Waals surface area contributed by atoms with Gasteiger partial charge < -0.3 is 11.1 Å². The molecule has 0 bridgehead atoms. The van der Waals surface area contributed by atoms with Gasteiger partial charge in [-0.05, 0) is 19.3 Å². The number of unbranched alkanes of at least 4 members (excludes halogenated alkanes) is 2. The smallest absolute Gasteiger partial charge is 0.237 e. The van der Waals surface area contributed by atoms with Gasteiger partial charge in [0, 0.05) is 0 Å². The highest BCUT2D eigenvalue weighted by atomic mass is 16.2. The van der Waals surface area contributed by atoms with Crippen LogP contribution in [0.5, 0.6) is 0 Å². The maximum absolute atomic E-state index is 11.9. The van der Waals surface area contributed by atoms with E-state index in [2.05, 4.69) is 12.2 Å². The number of hydrogen-bond donors (Lipinski definition) is 2. The first-order valence-corrected chi connectivity index (χ1v) is 7.00. The van der Waals surface area contributed by atoms with Gasteiger partial charge in [0.1, 0.15) is 0 Å². The lowest BCUT2D eigenvalue weighted by Gasteiger charge is -2.22. The normalized spacial score (nSPS) is 15.8. The third kappa shape index (κ3) is 6.15. The van der Waals surface area contributed by atoms with Gasteiger partial charge in [0.05, 0.1) is 12.1 Å². The zero-order valence-corrected chi connectivity index (χ0v) is 12.2. The van der Waals surface area contributed by atoms with Crippen LogP contribution in [0, 0.1) is 5.92 Å². The lowest BCUT2D eigenvalue weighted by atomic mass is 9.98. The van der Waals surface area contributed by atoms with Gasteiger partial charge in [-0.25, -0.2) is 0 Å². The summed E-state index contributed by atoms with van der Waals surface area (Å²) in [6.45, 7) is 7.58. The maximum Gasteiger partial charge on any atom is 0.237 e. The predicted octanol–water partition coefficient (Wildman–Crippen LogP) is 2.01. The van der Waals surface area contributed by atoms with Crippen molar-refractivity contribution in [1.82, 2.24) is 5.32 Å². The van der Waals surface area contributed by atoms with E-state index in [4.69, 9.17) is 5.73 Å². The predicted molar refractivity (Wildman–Crippen MR) is 74.2 cm³/mol. The van der Waals surface area contributed by atoms with Crippen LogP contribution >= 0.6 is 0 Å². The summed E-state index contributed by atoms with van der Waals surface area (Å²) in [5.41, 5.74) is 5.85. The Labute approximate surface area is 111 Å². The number of hydrogen-bond acceptors (Lipinski definition) is 3. The molecule has 0 saturated carbocycles. The van der Waals surface area contributed by atoms with Crippen molar-refractivity contribution in [1.29, 1.82) is 0 Å². The van der Waals surface area contributed by atoms with E-state index >= 15 is 0 Å². The van der Waals surface area contributed by atoms with Gasteiger partial charge >= 0.3 is 0 Å². The fraction of sp³-hybridized carbons (Fsp3) is 0.857. The number of nitrogens with one attached hydrogen (secondary N) is 1. The molecule has 1 amide bonds. The van der Waals surface area contributed by atoms with E-state index in [1.165, 1.54) is 6.92 Å². The van der Waals surface area contributed by atoms with Crippen molar-refractivity contribution >= 4 is 11.7 Å². The van der Waals surface area contributed by atoms with Gasteiger partial charge in [-0.1, -0.05) is 46.5 Å². The number of rotatable bonds is 9. The van der Waals surface area contributed by atoms with E-state index in [1.54, 1.807) is 0 Å². The molecule has 0 spiro atoms. The topological polar surface area (TPSA) is 72.2 Å². The zero-order valence-electron chi connectivity index (χ0n) is 12.2. The van der Waals surface area contributed by atoms with Crippen molar-refractivity contribution in [2.75, 3.05) is 0 Å². The molecule has 0 aliphatic carbocycles. The van der Waals surface area contributed by atoms with E-state index in [0.717, 1.165) is 25.7 Å². The molecule has 0 radical (unpaired) electrons. The third-order valence-electron chi connectivity index (χ3n) is 3.46. The number of carbonyl (C=O) groups excluding carboxylic acids is 2. The van der Waals surface area contributed by atoms with Gasteiger partial charge in [0.15, 0.2) is 5.78 Å². The zero-order chi connectivity index (χ0) is 14.1. The molecule has 18 heavy (non-hydrogen) atoms. The van der Waals surface area contributed by atoms with Gasteiger partial charge in [0.2, 0.25) is 5.91 Å². The first-order valence-electron chi connectivity index (χ1n) is 7.00. The summed E-state index contributed by atoms with van der Waals surface area (Å²) in [7, 11) is 0. The minimum absolute atomic E-state index is 0.0100. The molecule has 0 aliphatic rings. The molecule has 3 N–H and O–H groups in total. The first kappa shape index (κ1) is 17.1. The Hall–Kier alpha value is -0.900. The Morgan fingerprint density at radius 2 is 1.83 bits per heavy atom. The second kappa shape index (κ2) is 9.09. The van der Waals surface area contributed by atoms with Crippen LogP contribution in [0.2, 0.25) is 0 Å². The summed E-state index contributed by atoms with van der Waals surface area (Å²) in [4.78, 5) is 23.4. The highest BCUT2D eigenvalue weighted by Crippen LogP contribution is 2.08. The number of nitrogens with two attached hydrogens (primary N) is 1. The maximum atomic E-state index is 11.9. The van der Waals surface area contributed by atoms with Crippen LogP contribution in [-0.4, -0.2) is 23.8 Å². The van der Waals surface area contributed by atoms with E-state index < -0.39 is 6.04 Å². The standard InChI is InChI=1S/C14H28N2O2/c1-5-7-8-9-12(11(4)17)16-14(18)13(15)10(3)6-2/h10,12-13H,5-9,15H2,1-4H3,(H,16,18). The van der Waals surface area contributed by atoms with Crippen molar-refractivity contribution in [2.45, 2.75) is 71.9 Å². The highest BCUT2D eigenvalue weighted by molar-refractivity contribution is 5.89. The SMILES string of the molecule is CCCCCC(NC(=O)C(N)C(C)CC)C(C)=O. The molecule has 0 aromatic carbocycles. The number of Topliss-reactive ketones (excluding diaryl/α,β-unsaturated/α-hetero) is 1. The van der Waals surface area contributed by atoms with Gasteiger partial charge in [-0.3, -0.25) is 9.59 Å². The minimum atomic E-state index is -0.525. The molecule has 0 rings (SSSR count). The molecular formula is C14H28N2O2. The summed E-state index contributed by atoms with van der Waals surface area (Å²) in [5, 5.41) is 2.78. The van der Waals surface area contributed by atoms with Crippen molar-refractivity contribution in [2.24, 2.45) is 11.7 Å². The van der Waals surface area contributed by atoms with Crippen molar-refractivity contribution < 1.29 is 9.59 Å². The first-order chi connectivity index (χ1) is 8.43. The number of carbonyl (C=O) groups is 2. The van der Waals surface area contributed by atoms with Crippen molar-refractivity contribution in [3.63, 3.8) is 0 Å². The molecule has 0 aromatic heterocycles. The molecule has 4 heteroatoms. The van der Waals surface area contributed by atoms with Crippen LogP contribution in [-0.2, 0) is 9.59 Å². The number of amides is 1. The van der Waals surface area contributed by atoms with Gasteiger partial charge in [-0.2, -0.15) is 0 Å². The molecule has 0 aliphatic heterocycles. The van der Waals surface area contributed by atoms with Crippen LogP contribution in [0.4, 0.5) is 0 Å². The molecule has 0 saturated heterocycles. The van der Waals surface area contributed by atoms with Crippen LogP contribution in [0.25, 0.3) is 0 Å². The molecule has 3 atom stereocenters. The molecule has 0 heterocycles. The van der Waals surface area contributed by atoms with E-state index in [9.17, 15) is 9.59 Å². The summed E-state index contributed by atoms with van der Waals surface area (Å²) in [5.74, 6) is -0.0647. The van der Waals surface area contributed by atoms with E-state index in [0.29, 0.717) is 6.42 Å². The lowest BCUT2D eigenvalue weighted by molar-refractivity contribution is -0.128. The minimum Gasteiger partial charge on any atom is -0.345 e. The number of ketones is 1. The summed E-state index contributed by atoms with van der Waals surface area (Å²) in [6, 6.07) is -0.901. The fourth-order valence-electron chi connectivity index (χ4n) is 1.76. The molecular weight excluding hydrogens is 228 g/mol. The van der Waals surface area contributed by atoms with E-state index in [-0.39, 0.29) is 23.7 Å². The van der Waals surface area contributed by atoms with Gasteiger partial charge in [-0.15, -0.1) is 0 Å².